The quantitative estimate of drug-likeness (QED) is 0.559. The van der Waals surface area contributed by atoms with Gasteiger partial charge < -0.3 is 15.9 Å². The number of carboxylic acids is 2. The van der Waals surface area contributed by atoms with E-state index in [2.05, 4.69) is 0 Å². The molecule has 0 amide bonds. The third-order valence-corrected chi connectivity index (χ3v) is 3.30. The first-order valence-corrected chi connectivity index (χ1v) is 4.28. The van der Waals surface area contributed by atoms with E-state index >= 15 is 0 Å². The molecule has 2 fully saturated rings. The standard InChI is InChI=1S/C8H10FNO4/c9-2-1-8(10,7(13)14)5-3(2)4(5)6(11)12/h2-5H,1,10H2,(H,11,12)(H,13,14). The van der Waals surface area contributed by atoms with Crippen LogP contribution in [0.1, 0.15) is 6.42 Å². The van der Waals surface area contributed by atoms with Crippen LogP contribution in [0.25, 0.3) is 0 Å². The predicted octanol–water partition coefficient (Wildman–Crippen LogP) is -0.543. The van der Waals surface area contributed by atoms with Crippen LogP contribution in [-0.2, 0) is 9.59 Å². The van der Waals surface area contributed by atoms with Crippen molar-refractivity contribution in [3.8, 4) is 0 Å². The molecule has 0 aromatic rings. The van der Waals surface area contributed by atoms with Gasteiger partial charge in [0, 0.05) is 18.3 Å². The Labute approximate surface area is 78.7 Å². The van der Waals surface area contributed by atoms with Crippen molar-refractivity contribution in [3.63, 3.8) is 0 Å². The zero-order valence-electron chi connectivity index (χ0n) is 7.18. The molecular weight excluding hydrogens is 193 g/mol. The summed E-state index contributed by atoms with van der Waals surface area (Å²) < 4.78 is 13.2. The molecule has 0 aromatic carbocycles. The number of carbonyl (C=O) groups is 2. The summed E-state index contributed by atoms with van der Waals surface area (Å²) in [5.74, 6) is -4.82. The van der Waals surface area contributed by atoms with Crippen LogP contribution in [0.2, 0.25) is 0 Å². The van der Waals surface area contributed by atoms with Crippen molar-refractivity contribution in [2.24, 2.45) is 23.5 Å². The minimum Gasteiger partial charge on any atom is -0.481 e. The second kappa shape index (κ2) is 2.44. The van der Waals surface area contributed by atoms with Crippen LogP contribution in [0.4, 0.5) is 4.39 Å². The summed E-state index contributed by atoms with van der Waals surface area (Å²) in [6.07, 6.45) is -1.68. The van der Waals surface area contributed by atoms with Gasteiger partial charge in [-0.15, -0.1) is 0 Å². The van der Waals surface area contributed by atoms with Crippen molar-refractivity contribution in [1.82, 2.24) is 0 Å². The Kier molecular flexibility index (Phi) is 1.64. The molecule has 14 heavy (non-hydrogen) atoms. The molecule has 0 aliphatic heterocycles. The van der Waals surface area contributed by atoms with Crippen molar-refractivity contribution in [1.29, 1.82) is 0 Å². The van der Waals surface area contributed by atoms with Gasteiger partial charge in [-0.3, -0.25) is 9.59 Å². The maximum Gasteiger partial charge on any atom is 0.324 e. The van der Waals surface area contributed by atoms with Gasteiger partial charge in [-0.05, 0) is 0 Å². The van der Waals surface area contributed by atoms with Crippen molar-refractivity contribution >= 4 is 11.9 Å². The van der Waals surface area contributed by atoms with Gasteiger partial charge in [-0.1, -0.05) is 0 Å². The molecule has 4 N–H and O–H groups in total. The van der Waals surface area contributed by atoms with Crippen molar-refractivity contribution in [2.75, 3.05) is 0 Å². The van der Waals surface area contributed by atoms with Crippen molar-refractivity contribution in [3.05, 3.63) is 0 Å². The summed E-state index contributed by atoms with van der Waals surface area (Å²) in [5, 5.41) is 17.5. The summed E-state index contributed by atoms with van der Waals surface area (Å²) in [6.45, 7) is 0. The van der Waals surface area contributed by atoms with Crippen molar-refractivity contribution < 1.29 is 24.2 Å². The largest absolute Gasteiger partial charge is 0.481 e. The SMILES string of the molecule is NC1(C(=O)O)CC(F)C2C(C(=O)O)C21. The van der Waals surface area contributed by atoms with Gasteiger partial charge in [0.25, 0.3) is 0 Å². The van der Waals surface area contributed by atoms with E-state index in [1.54, 1.807) is 0 Å². The molecule has 2 aliphatic carbocycles. The number of nitrogens with two attached hydrogens (primary N) is 1. The van der Waals surface area contributed by atoms with Crippen LogP contribution in [-0.4, -0.2) is 33.9 Å². The summed E-state index contributed by atoms with van der Waals surface area (Å²) in [4.78, 5) is 21.4. The van der Waals surface area contributed by atoms with Crippen LogP contribution < -0.4 is 5.73 Å². The van der Waals surface area contributed by atoms with Gasteiger partial charge in [0.05, 0.1) is 5.92 Å². The maximum atomic E-state index is 13.2. The van der Waals surface area contributed by atoms with Gasteiger partial charge in [0.1, 0.15) is 11.7 Å². The number of carboxylic acid groups (broad SMARTS) is 2. The van der Waals surface area contributed by atoms with Gasteiger partial charge >= 0.3 is 11.9 Å². The highest BCUT2D eigenvalue weighted by Gasteiger charge is 2.74. The lowest BCUT2D eigenvalue weighted by molar-refractivity contribution is -0.145. The molecule has 6 heteroatoms. The number of fused-ring (bicyclic) bond motifs is 1. The number of halogens is 1. The molecule has 0 heterocycles. The fraction of sp³-hybridized carbons (Fsp3) is 0.750. The number of hydrogen-bond donors (Lipinski definition) is 3. The predicted molar refractivity (Wildman–Crippen MR) is 42.2 cm³/mol. The van der Waals surface area contributed by atoms with E-state index in [0.717, 1.165) is 0 Å². The first-order chi connectivity index (χ1) is 6.39. The first kappa shape index (κ1) is 9.39. The van der Waals surface area contributed by atoms with Crippen LogP contribution in [0.5, 0.6) is 0 Å². The smallest absolute Gasteiger partial charge is 0.324 e. The Morgan fingerprint density at radius 3 is 2.36 bits per heavy atom. The molecule has 2 aliphatic rings. The second-order valence-corrected chi connectivity index (χ2v) is 4.03. The molecule has 2 rings (SSSR count). The zero-order valence-corrected chi connectivity index (χ0v) is 7.18. The number of aliphatic carboxylic acids is 2. The topological polar surface area (TPSA) is 101 Å². The summed E-state index contributed by atoms with van der Waals surface area (Å²) in [5.41, 5.74) is 3.82. The lowest BCUT2D eigenvalue weighted by atomic mass is 9.91. The molecule has 0 radical (unpaired) electrons. The van der Waals surface area contributed by atoms with E-state index in [4.69, 9.17) is 15.9 Å². The Hall–Kier alpha value is -1.17. The van der Waals surface area contributed by atoms with E-state index in [1.165, 1.54) is 0 Å². The van der Waals surface area contributed by atoms with E-state index in [1.807, 2.05) is 0 Å². The molecule has 5 unspecified atom stereocenters. The average Bonchev–Trinajstić information content (AvgIpc) is 2.72. The average molecular weight is 203 g/mol. The van der Waals surface area contributed by atoms with Gasteiger partial charge in [0.2, 0.25) is 0 Å². The highest BCUT2D eigenvalue weighted by molar-refractivity contribution is 5.85. The lowest BCUT2D eigenvalue weighted by Gasteiger charge is -2.21. The molecule has 0 aromatic heterocycles. The molecule has 5 nitrogen and oxygen atoms in total. The minimum absolute atomic E-state index is 0.276. The highest BCUT2D eigenvalue weighted by atomic mass is 19.1. The fourth-order valence-electron chi connectivity index (χ4n) is 2.59. The summed E-state index contributed by atoms with van der Waals surface area (Å²) >= 11 is 0. The van der Waals surface area contributed by atoms with Crippen LogP contribution in [0, 0.1) is 17.8 Å². The van der Waals surface area contributed by atoms with E-state index < -0.39 is 41.4 Å². The normalized spacial score (nSPS) is 49.9. The van der Waals surface area contributed by atoms with E-state index in [9.17, 15) is 14.0 Å². The van der Waals surface area contributed by atoms with Crippen molar-refractivity contribution in [2.45, 2.75) is 18.1 Å². The van der Waals surface area contributed by atoms with E-state index in [0.29, 0.717) is 0 Å². The highest BCUT2D eigenvalue weighted by Crippen LogP contribution is 2.62. The molecule has 0 bridgehead atoms. The molecule has 5 atom stereocenters. The Morgan fingerprint density at radius 1 is 1.43 bits per heavy atom. The lowest BCUT2D eigenvalue weighted by Crippen LogP contribution is -2.50. The number of alkyl halides is 1. The molecule has 0 spiro atoms. The molecule has 78 valence electrons. The zero-order chi connectivity index (χ0) is 10.7. The summed E-state index contributed by atoms with van der Waals surface area (Å²) in [6, 6.07) is 0. The monoisotopic (exact) mass is 203 g/mol. The molecule has 2 saturated carbocycles. The van der Waals surface area contributed by atoms with Gasteiger partial charge in [-0.25, -0.2) is 4.39 Å². The number of rotatable bonds is 2. The van der Waals surface area contributed by atoms with Gasteiger partial charge in [0.15, 0.2) is 0 Å². The van der Waals surface area contributed by atoms with Crippen LogP contribution in [0.3, 0.4) is 0 Å². The third kappa shape index (κ3) is 0.914. The number of hydrogen-bond acceptors (Lipinski definition) is 3. The molecular formula is C8H10FNO4. The van der Waals surface area contributed by atoms with Crippen LogP contribution in [0.15, 0.2) is 0 Å². The van der Waals surface area contributed by atoms with Gasteiger partial charge in [-0.2, -0.15) is 0 Å². The first-order valence-electron chi connectivity index (χ1n) is 4.28. The third-order valence-electron chi connectivity index (χ3n) is 3.30. The Balaban J connectivity index is 2.26. The Morgan fingerprint density at radius 2 is 2.00 bits per heavy atom. The minimum atomic E-state index is -1.69. The van der Waals surface area contributed by atoms with E-state index in [-0.39, 0.29) is 6.42 Å². The fourth-order valence-corrected chi connectivity index (χ4v) is 2.59. The molecule has 0 saturated heterocycles. The maximum absolute atomic E-state index is 13.2. The second-order valence-electron chi connectivity index (χ2n) is 4.03. The van der Waals surface area contributed by atoms with Crippen LogP contribution >= 0.6 is 0 Å². The summed E-state index contributed by atoms with van der Waals surface area (Å²) in [7, 11) is 0. The Bertz CT molecular complexity index is 320.